The zero-order valence-corrected chi connectivity index (χ0v) is 12.5. The van der Waals surface area contributed by atoms with Crippen LogP contribution in [0.5, 0.6) is 0 Å². The third kappa shape index (κ3) is 5.81. The Hall–Kier alpha value is -2.11. The van der Waals surface area contributed by atoms with E-state index in [9.17, 15) is 14.0 Å². The molecule has 0 saturated carbocycles. The van der Waals surface area contributed by atoms with Gasteiger partial charge in [-0.15, -0.1) is 0 Å². The molecule has 1 atom stereocenters. The van der Waals surface area contributed by atoms with Gasteiger partial charge in [-0.1, -0.05) is 26.0 Å². The third-order valence-electron chi connectivity index (χ3n) is 2.88. The molecule has 6 heteroatoms. The summed E-state index contributed by atoms with van der Waals surface area (Å²) in [5, 5.41) is 5.24. The Balaban J connectivity index is 2.56. The van der Waals surface area contributed by atoms with Crippen molar-refractivity contribution in [3.05, 3.63) is 35.6 Å². The summed E-state index contributed by atoms with van der Waals surface area (Å²) >= 11 is 0. The van der Waals surface area contributed by atoms with Gasteiger partial charge < -0.3 is 15.4 Å². The van der Waals surface area contributed by atoms with Crippen LogP contribution in [0.1, 0.15) is 26.3 Å². The van der Waals surface area contributed by atoms with Crippen molar-refractivity contribution in [2.24, 2.45) is 5.92 Å². The fraction of sp³-hybridized carbons (Fsp3) is 0.467. The van der Waals surface area contributed by atoms with Gasteiger partial charge in [0.05, 0.1) is 6.61 Å². The molecule has 5 nitrogen and oxygen atoms in total. The fourth-order valence-electron chi connectivity index (χ4n) is 1.74. The quantitative estimate of drug-likeness (QED) is 0.845. The number of benzene rings is 1. The molecular formula is C15H21FN2O3. The van der Waals surface area contributed by atoms with E-state index < -0.39 is 12.1 Å². The number of hydrogen-bond donors (Lipinski definition) is 2. The molecule has 0 heterocycles. The van der Waals surface area contributed by atoms with E-state index in [-0.39, 0.29) is 30.8 Å². The van der Waals surface area contributed by atoms with Crippen LogP contribution in [-0.4, -0.2) is 24.6 Å². The van der Waals surface area contributed by atoms with Gasteiger partial charge in [0.15, 0.2) is 0 Å². The van der Waals surface area contributed by atoms with Crippen LogP contribution < -0.4 is 10.6 Å². The van der Waals surface area contributed by atoms with Gasteiger partial charge in [-0.25, -0.2) is 9.18 Å². The zero-order chi connectivity index (χ0) is 15.8. The average molecular weight is 296 g/mol. The van der Waals surface area contributed by atoms with Crippen molar-refractivity contribution in [3.63, 3.8) is 0 Å². The first-order valence-corrected chi connectivity index (χ1v) is 6.89. The van der Waals surface area contributed by atoms with Crippen molar-refractivity contribution in [2.75, 3.05) is 6.61 Å². The number of nitrogens with one attached hydrogen (secondary N) is 2. The molecule has 0 radical (unpaired) electrons. The van der Waals surface area contributed by atoms with E-state index in [4.69, 9.17) is 4.74 Å². The first-order valence-electron chi connectivity index (χ1n) is 6.89. The number of alkyl carbamates (subject to hydrolysis) is 1. The molecule has 2 amide bonds. The highest BCUT2D eigenvalue weighted by atomic mass is 19.1. The van der Waals surface area contributed by atoms with E-state index in [1.807, 2.05) is 13.8 Å². The van der Waals surface area contributed by atoms with Gasteiger partial charge in [-0.05, 0) is 30.5 Å². The Kier molecular flexibility index (Phi) is 6.65. The van der Waals surface area contributed by atoms with Gasteiger partial charge in [-0.3, -0.25) is 4.79 Å². The Morgan fingerprint density at radius 2 is 1.86 bits per heavy atom. The van der Waals surface area contributed by atoms with Gasteiger partial charge in [0.25, 0.3) is 0 Å². The maximum absolute atomic E-state index is 12.8. The van der Waals surface area contributed by atoms with Gasteiger partial charge in [-0.2, -0.15) is 0 Å². The number of hydrogen-bond acceptors (Lipinski definition) is 3. The van der Waals surface area contributed by atoms with E-state index in [0.29, 0.717) is 0 Å². The van der Waals surface area contributed by atoms with Crippen molar-refractivity contribution in [1.82, 2.24) is 10.6 Å². The molecule has 1 aromatic rings. The second kappa shape index (κ2) is 8.24. The number of rotatable bonds is 6. The number of carbonyl (C=O) groups excluding carboxylic acids is 2. The van der Waals surface area contributed by atoms with Crippen LogP contribution in [0, 0.1) is 11.7 Å². The standard InChI is InChI=1S/C15H21FN2O3/c1-4-21-15(20)18-13(10(2)3)14(19)17-9-11-5-7-12(16)8-6-11/h5-8,10,13H,4,9H2,1-3H3,(H,17,19)(H,18,20). The molecule has 1 aromatic carbocycles. The Morgan fingerprint density at radius 3 is 2.38 bits per heavy atom. The van der Waals surface area contributed by atoms with Crippen molar-refractivity contribution in [1.29, 1.82) is 0 Å². The SMILES string of the molecule is CCOC(=O)NC(C(=O)NCc1ccc(F)cc1)C(C)C. The molecule has 1 unspecified atom stereocenters. The second-order valence-corrected chi connectivity index (χ2v) is 4.93. The predicted molar refractivity (Wildman–Crippen MR) is 77.0 cm³/mol. The molecule has 0 aliphatic rings. The van der Waals surface area contributed by atoms with Gasteiger partial charge in [0.1, 0.15) is 11.9 Å². The second-order valence-electron chi connectivity index (χ2n) is 4.93. The van der Waals surface area contributed by atoms with Crippen molar-refractivity contribution in [2.45, 2.75) is 33.4 Å². The lowest BCUT2D eigenvalue weighted by Gasteiger charge is -2.21. The lowest BCUT2D eigenvalue weighted by atomic mass is 10.0. The first-order chi connectivity index (χ1) is 9.93. The molecular weight excluding hydrogens is 275 g/mol. The van der Waals surface area contributed by atoms with E-state index in [2.05, 4.69) is 10.6 Å². The molecule has 21 heavy (non-hydrogen) atoms. The number of halogens is 1. The summed E-state index contributed by atoms with van der Waals surface area (Å²) in [5.74, 6) is -0.709. The van der Waals surface area contributed by atoms with Crippen LogP contribution in [-0.2, 0) is 16.1 Å². The molecule has 1 rings (SSSR count). The first kappa shape index (κ1) is 16.9. The summed E-state index contributed by atoms with van der Waals surface area (Å²) in [4.78, 5) is 23.5. The molecule has 0 fully saturated rings. The minimum Gasteiger partial charge on any atom is -0.450 e. The summed E-state index contributed by atoms with van der Waals surface area (Å²) in [6, 6.07) is 5.18. The monoisotopic (exact) mass is 296 g/mol. The summed E-state index contributed by atoms with van der Waals surface area (Å²) in [6.07, 6.45) is -0.617. The van der Waals surface area contributed by atoms with Crippen molar-refractivity contribution >= 4 is 12.0 Å². The van der Waals surface area contributed by atoms with Crippen LogP contribution in [0.4, 0.5) is 9.18 Å². The van der Waals surface area contributed by atoms with Crippen LogP contribution in [0.25, 0.3) is 0 Å². The zero-order valence-electron chi connectivity index (χ0n) is 12.5. The summed E-state index contributed by atoms with van der Waals surface area (Å²) in [5.41, 5.74) is 0.781. The molecule has 0 spiro atoms. The molecule has 0 aliphatic heterocycles. The summed E-state index contributed by atoms with van der Waals surface area (Å²) in [6.45, 7) is 5.86. The lowest BCUT2D eigenvalue weighted by molar-refractivity contribution is -0.124. The third-order valence-corrected chi connectivity index (χ3v) is 2.88. The van der Waals surface area contributed by atoms with Crippen LogP contribution in [0.15, 0.2) is 24.3 Å². The predicted octanol–water partition coefficient (Wildman–Crippen LogP) is 2.21. The maximum Gasteiger partial charge on any atom is 0.407 e. The van der Waals surface area contributed by atoms with E-state index in [1.165, 1.54) is 12.1 Å². The summed E-state index contributed by atoms with van der Waals surface area (Å²) < 4.78 is 17.6. The molecule has 0 aromatic heterocycles. The molecule has 116 valence electrons. The average Bonchev–Trinajstić information content (AvgIpc) is 2.44. The van der Waals surface area contributed by atoms with Gasteiger partial charge in [0.2, 0.25) is 5.91 Å². The van der Waals surface area contributed by atoms with E-state index >= 15 is 0 Å². The Labute approximate surface area is 123 Å². The number of ether oxygens (including phenoxy) is 1. The van der Waals surface area contributed by atoms with Crippen LogP contribution in [0.3, 0.4) is 0 Å². The number of amides is 2. The smallest absolute Gasteiger partial charge is 0.407 e. The van der Waals surface area contributed by atoms with Gasteiger partial charge >= 0.3 is 6.09 Å². The molecule has 0 saturated heterocycles. The molecule has 0 aliphatic carbocycles. The fourth-order valence-corrected chi connectivity index (χ4v) is 1.74. The Bertz CT molecular complexity index is 474. The highest BCUT2D eigenvalue weighted by Gasteiger charge is 2.24. The van der Waals surface area contributed by atoms with Crippen LogP contribution in [0.2, 0.25) is 0 Å². The Morgan fingerprint density at radius 1 is 1.24 bits per heavy atom. The maximum atomic E-state index is 12.8. The minimum atomic E-state index is -0.676. The molecule has 2 N–H and O–H groups in total. The van der Waals surface area contributed by atoms with Crippen molar-refractivity contribution in [3.8, 4) is 0 Å². The number of carbonyl (C=O) groups is 2. The lowest BCUT2D eigenvalue weighted by Crippen LogP contribution is -2.49. The van der Waals surface area contributed by atoms with Crippen LogP contribution >= 0.6 is 0 Å². The van der Waals surface area contributed by atoms with E-state index in [0.717, 1.165) is 5.56 Å². The van der Waals surface area contributed by atoms with Gasteiger partial charge in [0, 0.05) is 6.54 Å². The highest BCUT2D eigenvalue weighted by molar-refractivity contribution is 5.85. The minimum absolute atomic E-state index is 0.0809. The van der Waals surface area contributed by atoms with Crippen molar-refractivity contribution < 1.29 is 18.7 Å². The topological polar surface area (TPSA) is 67.4 Å². The normalized spacial score (nSPS) is 11.9. The largest absolute Gasteiger partial charge is 0.450 e. The van der Waals surface area contributed by atoms with E-state index in [1.54, 1.807) is 19.1 Å². The highest BCUT2D eigenvalue weighted by Crippen LogP contribution is 2.05. The summed E-state index contributed by atoms with van der Waals surface area (Å²) in [7, 11) is 0. The molecule has 0 bridgehead atoms.